The highest BCUT2D eigenvalue weighted by Gasteiger charge is 2.24. The number of halogens is 1. The number of carbonyl (C=O) groups excluding carboxylic acids is 1. The first-order valence-corrected chi connectivity index (χ1v) is 11.3. The summed E-state index contributed by atoms with van der Waals surface area (Å²) in [6, 6.07) is 0.277. The smallest absolute Gasteiger partial charge is 0.236 e. The molecule has 1 aliphatic rings. The van der Waals surface area contributed by atoms with Crippen LogP contribution in [-0.2, 0) is 14.8 Å². The third kappa shape index (κ3) is 11.4. The van der Waals surface area contributed by atoms with E-state index < -0.39 is 15.6 Å². The van der Waals surface area contributed by atoms with Gasteiger partial charge in [-0.05, 0) is 33.6 Å². The zero-order valence-corrected chi connectivity index (χ0v) is 21.1. The summed E-state index contributed by atoms with van der Waals surface area (Å²) < 4.78 is 25.5. The second-order valence-electron chi connectivity index (χ2n) is 7.94. The van der Waals surface area contributed by atoms with Gasteiger partial charge in [-0.2, -0.15) is 0 Å². The Balaban J connectivity index is 0.00000729. The molecule has 0 bridgehead atoms. The van der Waals surface area contributed by atoms with Crippen molar-refractivity contribution < 1.29 is 13.2 Å². The Morgan fingerprint density at radius 2 is 1.82 bits per heavy atom. The maximum absolute atomic E-state index is 11.8. The first-order valence-electron chi connectivity index (χ1n) is 9.38. The summed E-state index contributed by atoms with van der Waals surface area (Å²) in [7, 11) is 0.259. The lowest BCUT2D eigenvalue weighted by Gasteiger charge is -2.33. The third-order valence-electron chi connectivity index (χ3n) is 4.22. The van der Waals surface area contributed by atoms with Gasteiger partial charge in [0.15, 0.2) is 5.96 Å². The quantitative estimate of drug-likeness (QED) is 0.232. The first kappa shape index (κ1) is 27.3. The Hall–Kier alpha value is -0.660. The van der Waals surface area contributed by atoms with Crippen molar-refractivity contribution in [2.45, 2.75) is 45.2 Å². The van der Waals surface area contributed by atoms with Gasteiger partial charge in [-0.1, -0.05) is 0 Å². The number of likely N-dealkylation sites (N-methyl/N-ethyl adjacent to an activating group) is 1. The topological polar surface area (TPSA) is 106 Å². The Bertz CT molecular complexity index is 616. The van der Waals surface area contributed by atoms with Gasteiger partial charge in [0.2, 0.25) is 15.9 Å². The minimum absolute atomic E-state index is 0. The van der Waals surface area contributed by atoms with E-state index in [0.29, 0.717) is 19.0 Å². The first-order chi connectivity index (χ1) is 12.4. The van der Waals surface area contributed by atoms with Gasteiger partial charge < -0.3 is 15.5 Å². The molecule has 0 aromatic rings. The Kier molecular flexibility index (Phi) is 11.8. The molecule has 1 rings (SSSR count). The zero-order chi connectivity index (χ0) is 20.7. The molecule has 1 heterocycles. The van der Waals surface area contributed by atoms with Gasteiger partial charge in [0, 0.05) is 45.3 Å². The SMILES string of the molecule is CCNC(=NCC(C)(C)NS(C)(=O)=O)NC1CCN(CC(=O)N(C)C)CC1.I. The molecule has 0 spiro atoms. The number of carbonyl (C=O) groups is 1. The molecule has 1 fully saturated rings. The maximum Gasteiger partial charge on any atom is 0.236 e. The molecule has 9 nitrogen and oxygen atoms in total. The number of hydrogen-bond donors (Lipinski definition) is 3. The van der Waals surface area contributed by atoms with Gasteiger partial charge in [-0.15, -0.1) is 24.0 Å². The molecule has 0 aromatic heterocycles. The van der Waals surface area contributed by atoms with E-state index in [-0.39, 0.29) is 35.9 Å². The van der Waals surface area contributed by atoms with E-state index in [9.17, 15) is 13.2 Å². The fourth-order valence-corrected chi connectivity index (χ4v) is 3.96. The highest BCUT2D eigenvalue weighted by molar-refractivity contribution is 14.0. The molecule has 0 radical (unpaired) electrons. The molecule has 0 saturated carbocycles. The number of guanidine groups is 1. The van der Waals surface area contributed by atoms with Crippen molar-refractivity contribution in [1.29, 1.82) is 0 Å². The number of rotatable bonds is 8. The lowest BCUT2D eigenvalue weighted by atomic mass is 10.1. The molecule has 0 aromatic carbocycles. The molecular weight excluding hydrogens is 495 g/mol. The van der Waals surface area contributed by atoms with Crippen LogP contribution in [0.4, 0.5) is 0 Å². The maximum atomic E-state index is 11.8. The normalized spacial score (nSPS) is 17.0. The number of nitrogens with zero attached hydrogens (tertiary/aromatic N) is 3. The molecular formula is C17H37IN6O3S. The van der Waals surface area contributed by atoms with Crippen molar-refractivity contribution in [2.75, 3.05) is 53.1 Å². The van der Waals surface area contributed by atoms with Gasteiger partial charge in [-0.25, -0.2) is 13.1 Å². The van der Waals surface area contributed by atoms with Crippen LogP contribution in [0, 0.1) is 0 Å². The summed E-state index contributed by atoms with van der Waals surface area (Å²) in [6.45, 7) is 8.83. The number of aliphatic imine (C=N–C) groups is 1. The van der Waals surface area contributed by atoms with Crippen LogP contribution in [0.5, 0.6) is 0 Å². The van der Waals surface area contributed by atoms with Gasteiger partial charge in [-0.3, -0.25) is 14.7 Å². The largest absolute Gasteiger partial charge is 0.357 e. The van der Waals surface area contributed by atoms with E-state index in [0.717, 1.165) is 38.7 Å². The second kappa shape index (κ2) is 12.1. The Morgan fingerprint density at radius 3 is 2.29 bits per heavy atom. The van der Waals surface area contributed by atoms with E-state index in [1.54, 1.807) is 32.8 Å². The van der Waals surface area contributed by atoms with E-state index in [1.807, 2.05) is 6.92 Å². The van der Waals surface area contributed by atoms with Crippen LogP contribution in [0.15, 0.2) is 4.99 Å². The highest BCUT2D eigenvalue weighted by atomic mass is 127. The van der Waals surface area contributed by atoms with Crippen LogP contribution in [0.25, 0.3) is 0 Å². The van der Waals surface area contributed by atoms with Gasteiger partial charge in [0.05, 0.1) is 19.3 Å². The molecule has 11 heteroatoms. The summed E-state index contributed by atoms with van der Waals surface area (Å²) in [5, 5.41) is 6.64. The number of hydrogen-bond acceptors (Lipinski definition) is 5. The van der Waals surface area contributed by atoms with Crippen molar-refractivity contribution >= 4 is 45.9 Å². The average molecular weight is 532 g/mol. The Morgan fingerprint density at radius 1 is 1.25 bits per heavy atom. The standard InChI is InChI=1S/C17H36N6O3S.HI/c1-7-18-16(19-13-17(2,3)21-27(6,25)26)20-14-8-10-23(11-9-14)12-15(24)22(4)5;/h14,21H,7-13H2,1-6H3,(H2,18,19,20);1H. The second-order valence-corrected chi connectivity index (χ2v) is 9.68. The third-order valence-corrected chi connectivity index (χ3v) is 5.15. The summed E-state index contributed by atoms with van der Waals surface area (Å²) in [6.07, 6.45) is 3.00. The molecule has 1 amide bonds. The van der Waals surface area contributed by atoms with Gasteiger partial charge >= 0.3 is 0 Å². The number of nitrogens with one attached hydrogen (secondary N) is 3. The number of likely N-dealkylation sites (tertiary alicyclic amines) is 1. The van der Waals surface area contributed by atoms with E-state index >= 15 is 0 Å². The molecule has 166 valence electrons. The minimum atomic E-state index is -3.29. The zero-order valence-electron chi connectivity index (χ0n) is 17.9. The van der Waals surface area contributed by atoms with Gasteiger partial charge in [0.1, 0.15) is 0 Å². The highest BCUT2D eigenvalue weighted by Crippen LogP contribution is 2.11. The van der Waals surface area contributed by atoms with Crippen LogP contribution in [0.1, 0.15) is 33.6 Å². The summed E-state index contributed by atoms with van der Waals surface area (Å²) >= 11 is 0. The van der Waals surface area contributed by atoms with Crippen molar-refractivity contribution in [2.24, 2.45) is 4.99 Å². The Labute approximate surface area is 187 Å². The molecule has 0 aliphatic carbocycles. The van der Waals surface area contributed by atoms with Crippen molar-refractivity contribution in [3.8, 4) is 0 Å². The fraction of sp³-hybridized carbons (Fsp3) is 0.882. The lowest BCUT2D eigenvalue weighted by molar-refractivity contribution is -0.130. The van der Waals surface area contributed by atoms with Crippen molar-refractivity contribution in [3.05, 3.63) is 0 Å². The van der Waals surface area contributed by atoms with Gasteiger partial charge in [0.25, 0.3) is 0 Å². The van der Waals surface area contributed by atoms with Crippen LogP contribution in [0.2, 0.25) is 0 Å². The van der Waals surface area contributed by atoms with E-state index in [4.69, 9.17) is 0 Å². The van der Waals surface area contributed by atoms with Crippen LogP contribution in [0.3, 0.4) is 0 Å². The van der Waals surface area contributed by atoms with Crippen LogP contribution < -0.4 is 15.4 Å². The molecule has 28 heavy (non-hydrogen) atoms. The van der Waals surface area contributed by atoms with E-state index in [1.165, 1.54) is 0 Å². The fourth-order valence-electron chi connectivity index (χ4n) is 2.89. The summed E-state index contributed by atoms with van der Waals surface area (Å²) in [5.41, 5.74) is -0.661. The van der Waals surface area contributed by atoms with E-state index in [2.05, 4.69) is 25.2 Å². The van der Waals surface area contributed by atoms with Crippen molar-refractivity contribution in [3.63, 3.8) is 0 Å². The molecule has 0 atom stereocenters. The average Bonchev–Trinajstić information content (AvgIpc) is 2.52. The number of amides is 1. The molecule has 3 N–H and O–H groups in total. The number of sulfonamides is 1. The summed E-state index contributed by atoms with van der Waals surface area (Å²) in [4.78, 5) is 20.2. The van der Waals surface area contributed by atoms with Crippen molar-refractivity contribution in [1.82, 2.24) is 25.2 Å². The summed E-state index contributed by atoms with van der Waals surface area (Å²) in [5.74, 6) is 0.806. The molecule has 0 unspecified atom stereocenters. The minimum Gasteiger partial charge on any atom is -0.357 e. The molecule has 1 saturated heterocycles. The van der Waals surface area contributed by atoms with Crippen LogP contribution >= 0.6 is 24.0 Å². The van der Waals surface area contributed by atoms with Crippen LogP contribution in [-0.4, -0.2) is 94.7 Å². The predicted octanol–water partition coefficient (Wildman–Crippen LogP) is 0.0399. The lowest BCUT2D eigenvalue weighted by Crippen LogP contribution is -2.51. The monoisotopic (exact) mass is 532 g/mol. The molecule has 1 aliphatic heterocycles. The predicted molar refractivity (Wildman–Crippen MR) is 125 cm³/mol. The number of piperidine rings is 1.